The van der Waals surface area contributed by atoms with E-state index in [9.17, 15) is 25.3 Å². The second-order valence-electron chi connectivity index (χ2n) is 30.2. The number of fused-ring (bicyclic) bond motifs is 3. The van der Waals surface area contributed by atoms with E-state index in [0.29, 0.717) is 46.9 Å². The summed E-state index contributed by atoms with van der Waals surface area (Å²) in [6, 6.07) is 33.7. The molecule has 9 aromatic heterocycles. The van der Waals surface area contributed by atoms with Crippen LogP contribution in [0.4, 0.5) is 0 Å². The van der Waals surface area contributed by atoms with Crippen molar-refractivity contribution in [2.24, 2.45) is 21.1 Å². The minimum Gasteiger partial charge on any atom is -0.380 e. The van der Waals surface area contributed by atoms with Crippen LogP contribution in [-0.2, 0) is 65.4 Å². The molecule has 1 unspecified atom stereocenters. The maximum Gasteiger partial charge on any atom is 0.269 e. The number of rotatable bonds is 15. The highest BCUT2D eigenvalue weighted by Crippen LogP contribution is 2.43. The van der Waals surface area contributed by atoms with Crippen LogP contribution in [0.5, 0.6) is 0 Å². The highest BCUT2D eigenvalue weighted by atomic mass is 32.2. The number of aryl methyl sites for hydroxylation is 3. The molecule has 3 aliphatic heterocycles. The van der Waals surface area contributed by atoms with Crippen LogP contribution in [0.3, 0.4) is 0 Å². The summed E-state index contributed by atoms with van der Waals surface area (Å²) >= 11 is 0. The van der Waals surface area contributed by atoms with Gasteiger partial charge in [0.1, 0.15) is 0 Å². The first-order valence-electron chi connectivity index (χ1n) is 39.1. The van der Waals surface area contributed by atoms with Gasteiger partial charge in [-0.2, -0.15) is 15.3 Å². The van der Waals surface area contributed by atoms with Gasteiger partial charge >= 0.3 is 0 Å². The van der Waals surface area contributed by atoms with Crippen LogP contribution in [0.2, 0.25) is 0 Å². The van der Waals surface area contributed by atoms with Gasteiger partial charge in [0.15, 0.2) is 16.9 Å². The van der Waals surface area contributed by atoms with E-state index in [1.807, 2.05) is 70.5 Å². The van der Waals surface area contributed by atoms with Crippen LogP contribution in [0.15, 0.2) is 204 Å². The lowest BCUT2D eigenvalue weighted by Gasteiger charge is -2.36. The Kier molecular flexibility index (Phi) is 23.8. The van der Waals surface area contributed by atoms with Gasteiger partial charge in [-0.1, -0.05) is 68.1 Å². The average molecular weight is 1570 g/mol. The van der Waals surface area contributed by atoms with Crippen LogP contribution < -0.4 is 0 Å². The third-order valence-electron chi connectivity index (χ3n) is 23.2. The zero-order valence-corrected chi connectivity index (χ0v) is 65.7. The first-order chi connectivity index (χ1) is 54.0. The first-order valence-corrected chi connectivity index (χ1v) is 43.4. The number of pyridine rings is 3. The molecule has 0 spiro atoms. The van der Waals surface area contributed by atoms with Gasteiger partial charge < -0.3 is 14.2 Å². The van der Waals surface area contributed by atoms with Gasteiger partial charge in [-0.05, 0) is 179 Å². The fourth-order valence-electron chi connectivity index (χ4n) is 17.3. The Labute approximate surface area is 656 Å². The molecule has 0 radical (unpaired) electrons. The Hall–Kier alpha value is -9.29. The molecule has 5 fully saturated rings. The monoisotopic (exact) mass is 1570 g/mol. The van der Waals surface area contributed by atoms with Gasteiger partial charge in [-0.25, -0.2) is 52.1 Å². The van der Waals surface area contributed by atoms with Crippen molar-refractivity contribution >= 4 is 68.7 Å². The minimum absolute atomic E-state index is 0. The largest absolute Gasteiger partial charge is 0.380 e. The van der Waals surface area contributed by atoms with Crippen LogP contribution in [-0.4, -0.2) is 193 Å². The topological polar surface area (TPSA) is 247 Å². The van der Waals surface area contributed by atoms with Gasteiger partial charge in [-0.15, -0.1) is 0 Å². The van der Waals surface area contributed by atoms with Crippen molar-refractivity contribution in [3.8, 4) is 33.4 Å². The Balaban J connectivity index is 0.000000132. The molecule has 3 aliphatic carbocycles. The smallest absolute Gasteiger partial charge is 0.269 e. The zero-order chi connectivity index (χ0) is 76.2. The van der Waals surface area contributed by atoms with E-state index in [-0.39, 0.29) is 22.1 Å². The van der Waals surface area contributed by atoms with E-state index in [0.717, 1.165) is 198 Å². The quantitative estimate of drug-likeness (QED) is 0.0925. The molecule has 12 heterocycles. The minimum atomic E-state index is -3.81. The lowest BCUT2D eigenvalue weighted by molar-refractivity contribution is 0.118. The van der Waals surface area contributed by atoms with E-state index < -0.39 is 30.1 Å². The maximum atomic E-state index is 13.6. The van der Waals surface area contributed by atoms with Gasteiger partial charge in [0.2, 0.25) is 0 Å². The fourth-order valence-corrected chi connectivity index (χ4v) is 21.3. The molecule has 6 aliphatic rings. The van der Waals surface area contributed by atoms with Crippen LogP contribution in [0, 0.1) is 0 Å². The summed E-state index contributed by atoms with van der Waals surface area (Å²) in [5.74, 6) is 0.847. The van der Waals surface area contributed by atoms with Gasteiger partial charge in [0.25, 0.3) is 30.1 Å². The highest BCUT2D eigenvalue weighted by Gasteiger charge is 2.34. The van der Waals surface area contributed by atoms with Crippen molar-refractivity contribution in [3.63, 3.8) is 0 Å². The van der Waals surface area contributed by atoms with Crippen molar-refractivity contribution in [2.45, 2.75) is 142 Å². The number of benzene rings is 3. The van der Waals surface area contributed by atoms with E-state index >= 15 is 0 Å². The summed E-state index contributed by atoms with van der Waals surface area (Å²) in [4.78, 5) is 22.7. The summed E-state index contributed by atoms with van der Waals surface area (Å²) in [7, 11) is -5.82. The molecule has 12 aromatic rings. The Morgan fingerprint density at radius 1 is 0.366 bits per heavy atom. The Morgan fingerprint density at radius 3 is 1.05 bits per heavy atom. The molecule has 27 heteroatoms. The standard InChI is InChI=1S/2C28H33N5O3S.C28H31N5O3S.CH4/c3*1-31-19-23(18-30-31)27-20-33(37(34,35)25-6-3-2-4-7-25)28-26(27)16-22(17-29-28)21-8-10-24(11-9-21)32-12-5-14-36-15-13-32;/h2*2-4,6-7,16-21,24H,5,8-15H2,1H3;2-4,6-8,16-20,24H,5,9-15H2,1H3;1H4. The number of ether oxygens (including phenoxy) is 3. The Bertz CT molecular complexity index is 5370. The number of nitrogens with zero attached hydrogens (tertiary/aromatic N) is 15. The molecule has 0 N–H and O–H groups in total. The van der Waals surface area contributed by atoms with E-state index in [2.05, 4.69) is 54.3 Å². The van der Waals surface area contributed by atoms with Gasteiger partial charge in [-0.3, -0.25) is 28.7 Å². The normalized spacial score (nSPS) is 20.8. The van der Waals surface area contributed by atoms with Crippen LogP contribution in [0.1, 0.15) is 126 Å². The van der Waals surface area contributed by atoms with Crippen molar-refractivity contribution in [3.05, 3.63) is 206 Å². The summed E-state index contributed by atoms with van der Waals surface area (Å²) in [5, 5.41) is 15.5. The molecular formula is C85H101N15O9S3. The molecule has 0 amide bonds. The SMILES string of the molecule is C.Cn1cc(-c2cn(S(=O)(=O)c3ccccc3)c3ncc(C4=CCC(N5CCCOCC5)CC4)cc23)cn1.Cn1cc(-c2cn(S(=O)(=O)c3ccccc3)c3ncc(C4CCC(N5CCCOCC5)CC4)cc23)cn1.Cn1cc(-c2cn(S(=O)(=O)c3ccccc3)c3ncc(C4CCC(N5CCCOCC5)CC4)cc23)cn1. The van der Waals surface area contributed by atoms with Crippen LogP contribution in [0.25, 0.3) is 72.1 Å². The second kappa shape index (κ2) is 34.2. The highest BCUT2D eigenvalue weighted by molar-refractivity contribution is 7.90. The van der Waals surface area contributed by atoms with Crippen molar-refractivity contribution in [2.75, 3.05) is 78.9 Å². The lowest BCUT2D eigenvalue weighted by atomic mass is 9.81. The van der Waals surface area contributed by atoms with Crippen molar-refractivity contribution in [1.29, 1.82) is 0 Å². The van der Waals surface area contributed by atoms with Crippen molar-refractivity contribution < 1.29 is 39.5 Å². The van der Waals surface area contributed by atoms with Gasteiger partial charge in [0, 0.05) is 204 Å². The van der Waals surface area contributed by atoms with E-state index in [4.69, 9.17) is 29.2 Å². The van der Waals surface area contributed by atoms with E-state index in [1.54, 1.807) is 130 Å². The molecular weight excluding hydrogens is 1470 g/mol. The third kappa shape index (κ3) is 16.6. The molecule has 588 valence electrons. The number of allylic oxidation sites excluding steroid dienone is 1. The lowest BCUT2D eigenvalue weighted by Crippen LogP contribution is -2.39. The number of aromatic nitrogens is 12. The molecule has 1 atom stereocenters. The average Bonchev–Trinajstić information content (AvgIpc) is 1.60. The summed E-state index contributed by atoms with van der Waals surface area (Å²) in [6.07, 6.45) is 39.5. The predicted octanol–water partition coefficient (Wildman–Crippen LogP) is 13.8. The van der Waals surface area contributed by atoms with Crippen LogP contribution >= 0.6 is 0 Å². The zero-order valence-electron chi connectivity index (χ0n) is 63.3. The Morgan fingerprint density at radius 2 is 0.714 bits per heavy atom. The molecule has 3 aromatic carbocycles. The third-order valence-corrected chi connectivity index (χ3v) is 28.2. The molecule has 2 saturated carbocycles. The first kappa shape index (κ1) is 78.0. The molecule has 112 heavy (non-hydrogen) atoms. The number of hydrogen-bond acceptors (Lipinski definition) is 18. The van der Waals surface area contributed by atoms with Crippen molar-refractivity contribution in [1.82, 2.24) is 70.9 Å². The molecule has 3 saturated heterocycles. The second-order valence-corrected chi connectivity index (χ2v) is 35.7. The summed E-state index contributed by atoms with van der Waals surface area (Å²) in [5.41, 5.74) is 11.1. The number of hydrogen-bond donors (Lipinski definition) is 0. The van der Waals surface area contributed by atoms with E-state index in [1.165, 1.54) is 54.3 Å². The maximum absolute atomic E-state index is 13.6. The molecule has 24 nitrogen and oxygen atoms in total. The molecule has 0 bridgehead atoms. The predicted molar refractivity (Wildman–Crippen MR) is 436 cm³/mol. The molecule has 18 rings (SSSR count). The van der Waals surface area contributed by atoms with Gasteiger partial charge in [0.05, 0.1) is 53.1 Å². The summed E-state index contributed by atoms with van der Waals surface area (Å²) in [6.45, 7) is 11.5. The fraction of sp³-hybridized carbons (Fsp3) is 0.412. The summed E-state index contributed by atoms with van der Waals surface area (Å²) < 4.78 is 108.